The zero-order valence-corrected chi connectivity index (χ0v) is 13.9. The zero-order valence-electron chi connectivity index (χ0n) is 13.9. The van der Waals surface area contributed by atoms with Crippen LogP contribution in [0.2, 0.25) is 0 Å². The molecule has 0 spiro atoms. The molecule has 0 fully saturated rings. The largest absolute Gasteiger partial charge is 0.380 e. The van der Waals surface area contributed by atoms with Gasteiger partial charge in [-0.15, -0.1) is 0 Å². The molecular formula is C20H24N2O. The van der Waals surface area contributed by atoms with Crippen molar-refractivity contribution in [3.8, 4) is 0 Å². The van der Waals surface area contributed by atoms with Crippen LogP contribution >= 0.6 is 0 Å². The minimum absolute atomic E-state index is 0.310. The highest BCUT2D eigenvalue weighted by Crippen LogP contribution is 2.30. The van der Waals surface area contributed by atoms with Crippen molar-refractivity contribution in [3.63, 3.8) is 0 Å². The summed E-state index contributed by atoms with van der Waals surface area (Å²) >= 11 is 0. The van der Waals surface area contributed by atoms with E-state index < -0.39 is 0 Å². The summed E-state index contributed by atoms with van der Waals surface area (Å²) in [6, 6.07) is 19.0. The van der Waals surface area contributed by atoms with Gasteiger partial charge in [0.2, 0.25) is 0 Å². The molecule has 0 N–H and O–H groups in total. The topological polar surface area (TPSA) is 27.1 Å². The molecule has 0 amide bonds. The highest BCUT2D eigenvalue weighted by molar-refractivity contribution is 5.76. The molecule has 3 rings (SSSR count). The molecule has 0 saturated carbocycles. The van der Waals surface area contributed by atoms with E-state index in [0.717, 1.165) is 37.5 Å². The fraction of sp³-hybridized carbons (Fsp3) is 0.350. The average molecular weight is 308 g/mol. The quantitative estimate of drug-likeness (QED) is 0.596. The van der Waals surface area contributed by atoms with E-state index in [9.17, 15) is 0 Å². The molecule has 0 aliphatic heterocycles. The highest BCUT2D eigenvalue weighted by Gasteiger charge is 2.20. The Balaban J connectivity index is 2.05. The number of fused-ring (bicyclic) bond motifs is 1. The van der Waals surface area contributed by atoms with Gasteiger partial charge in [-0.25, -0.2) is 4.98 Å². The van der Waals surface area contributed by atoms with Gasteiger partial charge in [-0.1, -0.05) is 49.4 Å². The Hall–Kier alpha value is -2.13. The maximum atomic E-state index is 5.58. The molecule has 23 heavy (non-hydrogen) atoms. The zero-order chi connectivity index (χ0) is 16.1. The van der Waals surface area contributed by atoms with E-state index in [0.29, 0.717) is 5.92 Å². The molecule has 2 aromatic carbocycles. The van der Waals surface area contributed by atoms with Crippen LogP contribution in [0.5, 0.6) is 0 Å². The first kappa shape index (κ1) is 15.8. The predicted molar refractivity (Wildman–Crippen MR) is 94.8 cm³/mol. The van der Waals surface area contributed by atoms with Gasteiger partial charge in [0.25, 0.3) is 0 Å². The van der Waals surface area contributed by atoms with E-state index in [1.807, 2.05) is 6.92 Å². The maximum absolute atomic E-state index is 5.58. The lowest BCUT2D eigenvalue weighted by Crippen LogP contribution is -2.13. The molecule has 120 valence electrons. The number of ether oxygens (including phenoxy) is 1. The third-order valence-corrected chi connectivity index (χ3v) is 4.27. The number of aromatic nitrogens is 2. The summed E-state index contributed by atoms with van der Waals surface area (Å²) in [5.41, 5.74) is 3.58. The summed E-state index contributed by atoms with van der Waals surface area (Å²) in [6.45, 7) is 6.57. The molecule has 3 nitrogen and oxygen atoms in total. The monoisotopic (exact) mass is 308 g/mol. The second-order valence-electron chi connectivity index (χ2n) is 5.68. The first-order chi connectivity index (χ1) is 11.3. The number of hydrogen-bond acceptors (Lipinski definition) is 2. The van der Waals surface area contributed by atoms with Gasteiger partial charge in [0.15, 0.2) is 0 Å². The Bertz CT molecular complexity index is 749. The highest BCUT2D eigenvalue weighted by atomic mass is 16.5. The first-order valence-electron chi connectivity index (χ1n) is 8.43. The molecule has 0 saturated heterocycles. The van der Waals surface area contributed by atoms with Crippen molar-refractivity contribution in [2.45, 2.75) is 32.7 Å². The fourth-order valence-corrected chi connectivity index (χ4v) is 3.15. The minimum atomic E-state index is 0.310. The van der Waals surface area contributed by atoms with E-state index >= 15 is 0 Å². The van der Waals surface area contributed by atoms with Crippen LogP contribution in [0.1, 0.15) is 37.6 Å². The van der Waals surface area contributed by atoms with Crippen LogP contribution in [0.15, 0.2) is 54.6 Å². The third-order valence-electron chi connectivity index (χ3n) is 4.27. The van der Waals surface area contributed by atoms with Crippen molar-refractivity contribution in [1.82, 2.24) is 9.55 Å². The van der Waals surface area contributed by atoms with E-state index in [1.54, 1.807) is 0 Å². The molecule has 0 aliphatic carbocycles. The minimum Gasteiger partial charge on any atom is -0.380 e. The standard InChI is InChI=1S/C20H24N2O/c1-3-17(16-10-6-5-7-11-16)20-21-18-12-8-9-13-19(18)22(20)14-15-23-4-2/h5-13,17H,3-4,14-15H2,1-2H3. The van der Waals surface area contributed by atoms with Gasteiger partial charge in [0.05, 0.1) is 17.6 Å². The number of hydrogen-bond donors (Lipinski definition) is 0. The summed E-state index contributed by atoms with van der Waals surface area (Å²) in [5.74, 6) is 1.45. The fourth-order valence-electron chi connectivity index (χ4n) is 3.15. The van der Waals surface area contributed by atoms with E-state index in [1.165, 1.54) is 11.1 Å². The Labute approximate surface area is 137 Å². The van der Waals surface area contributed by atoms with Crippen LogP contribution in [0.3, 0.4) is 0 Å². The lowest BCUT2D eigenvalue weighted by atomic mass is 9.95. The summed E-state index contributed by atoms with van der Waals surface area (Å²) in [4.78, 5) is 4.95. The molecule has 1 atom stereocenters. The van der Waals surface area contributed by atoms with Crippen LogP contribution in [0, 0.1) is 0 Å². The van der Waals surface area contributed by atoms with Gasteiger partial charge in [0, 0.05) is 19.1 Å². The molecule has 3 heteroatoms. The lowest BCUT2D eigenvalue weighted by molar-refractivity contribution is 0.139. The third kappa shape index (κ3) is 3.30. The SMILES string of the molecule is CCOCCn1c(C(CC)c2ccccc2)nc2ccccc21. The molecule has 0 bridgehead atoms. The number of benzene rings is 2. The Morgan fingerprint density at radius 2 is 1.74 bits per heavy atom. The molecule has 3 aromatic rings. The van der Waals surface area contributed by atoms with Gasteiger partial charge in [-0.3, -0.25) is 0 Å². The Kier molecular flexibility index (Phi) is 5.09. The summed E-state index contributed by atoms with van der Waals surface area (Å²) in [6.07, 6.45) is 1.03. The van der Waals surface area contributed by atoms with Gasteiger partial charge >= 0.3 is 0 Å². The van der Waals surface area contributed by atoms with Crippen molar-refractivity contribution in [2.75, 3.05) is 13.2 Å². The van der Waals surface area contributed by atoms with Crippen molar-refractivity contribution >= 4 is 11.0 Å². The second-order valence-corrected chi connectivity index (χ2v) is 5.68. The lowest BCUT2D eigenvalue weighted by Gasteiger charge is -2.17. The number of imidazole rings is 1. The van der Waals surface area contributed by atoms with Crippen LogP contribution < -0.4 is 0 Å². The number of rotatable bonds is 7. The van der Waals surface area contributed by atoms with Gasteiger partial charge in [0.1, 0.15) is 5.82 Å². The smallest absolute Gasteiger partial charge is 0.117 e. The molecule has 1 aromatic heterocycles. The normalized spacial score (nSPS) is 12.6. The van der Waals surface area contributed by atoms with E-state index in [2.05, 4.69) is 66.1 Å². The van der Waals surface area contributed by atoms with Crippen LogP contribution in [0.25, 0.3) is 11.0 Å². The summed E-state index contributed by atoms with van der Waals surface area (Å²) in [7, 11) is 0. The van der Waals surface area contributed by atoms with Gasteiger partial charge < -0.3 is 9.30 Å². The molecule has 0 aliphatic rings. The Morgan fingerprint density at radius 1 is 1.00 bits per heavy atom. The Morgan fingerprint density at radius 3 is 2.48 bits per heavy atom. The van der Waals surface area contributed by atoms with E-state index in [4.69, 9.17) is 9.72 Å². The van der Waals surface area contributed by atoms with Crippen LogP contribution in [-0.2, 0) is 11.3 Å². The summed E-state index contributed by atoms with van der Waals surface area (Å²) < 4.78 is 7.91. The van der Waals surface area contributed by atoms with Crippen molar-refractivity contribution in [2.24, 2.45) is 0 Å². The molecule has 1 heterocycles. The predicted octanol–water partition coefficient (Wildman–Crippen LogP) is 4.61. The van der Waals surface area contributed by atoms with Crippen LogP contribution in [0.4, 0.5) is 0 Å². The van der Waals surface area contributed by atoms with E-state index in [-0.39, 0.29) is 0 Å². The van der Waals surface area contributed by atoms with Crippen LogP contribution in [-0.4, -0.2) is 22.8 Å². The average Bonchev–Trinajstić information content (AvgIpc) is 2.95. The summed E-state index contributed by atoms with van der Waals surface area (Å²) in [5, 5.41) is 0. The number of nitrogens with zero attached hydrogens (tertiary/aromatic N) is 2. The number of para-hydroxylation sites is 2. The van der Waals surface area contributed by atoms with Gasteiger partial charge in [-0.05, 0) is 31.0 Å². The van der Waals surface area contributed by atoms with Crippen molar-refractivity contribution in [1.29, 1.82) is 0 Å². The maximum Gasteiger partial charge on any atom is 0.117 e. The first-order valence-corrected chi connectivity index (χ1v) is 8.43. The molecule has 1 unspecified atom stereocenters. The second kappa shape index (κ2) is 7.42. The molecule has 0 radical (unpaired) electrons. The molecular weight excluding hydrogens is 284 g/mol. The van der Waals surface area contributed by atoms with Crippen molar-refractivity contribution < 1.29 is 4.74 Å². The van der Waals surface area contributed by atoms with Gasteiger partial charge in [-0.2, -0.15) is 0 Å². The van der Waals surface area contributed by atoms with Crippen molar-refractivity contribution in [3.05, 3.63) is 66.0 Å².